The van der Waals surface area contributed by atoms with E-state index in [9.17, 15) is 19.8 Å². The van der Waals surface area contributed by atoms with Crippen LogP contribution in [0.5, 0.6) is 0 Å². The molecule has 0 aromatic heterocycles. The number of esters is 1. The Balaban J connectivity index is 3.49. The van der Waals surface area contributed by atoms with Gasteiger partial charge in [0.2, 0.25) is 5.91 Å². The van der Waals surface area contributed by atoms with Crippen LogP contribution in [0, 0.1) is 0 Å². The smallest absolute Gasteiger partial charge is 0.305 e. The third-order valence-electron chi connectivity index (χ3n) is 11.9. The summed E-state index contributed by atoms with van der Waals surface area (Å²) in [6.45, 7) is 4.84. The highest BCUT2D eigenvalue weighted by Gasteiger charge is 2.18. The van der Waals surface area contributed by atoms with Crippen LogP contribution in [0.25, 0.3) is 0 Å². The summed E-state index contributed by atoms with van der Waals surface area (Å²) in [5.74, 6) is -0.115. The summed E-state index contributed by atoms with van der Waals surface area (Å²) in [7, 11) is 0. The first kappa shape index (κ1) is 58.1. The van der Waals surface area contributed by atoms with Crippen LogP contribution in [-0.2, 0) is 14.3 Å². The molecule has 0 aromatic carbocycles. The van der Waals surface area contributed by atoms with Crippen molar-refractivity contribution in [1.29, 1.82) is 0 Å². The lowest BCUT2D eigenvalue weighted by Crippen LogP contribution is -2.45. The predicted octanol–water partition coefficient (Wildman–Crippen LogP) is 15.7. The summed E-state index contributed by atoms with van der Waals surface area (Å²) in [6.07, 6.45) is 60.1. The highest BCUT2D eigenvalue weighted by molar-refractivity contribution is 5.76. The van der Waals surface area contributed by atoms with Gasteiger partial charge in [0.15, 0.2) is 0 Å². The number of ether oxygens (including phenoxy) is 1. The van der Waals surface area contributed by atoms with Crippen LogP contribution in [-0.4, -0.2) is 47.4 Å². The van der Waals surface area contributed by atoms with Crippen molar-refractivity contribution in [2.75, 3.05) is 13.2 Å². The van der Waals surface area contributed by atoms with Crippen molar-refractivity contribution < 1.29 is 24.5 Å². The molecule has 6 heteroatoms. The fourth-order valence-electron chi connectivity index (χ4n) is 7.80. The van der Waals surface area contributed by atoms with Crippen LogP contribution in [0.1, 0.15) is 271 Å². The van der Waals surface area contributed by atoms with E-state index >= 15 is 0 Å². The van der Waals surface area contributed by atoms with Crippen LogP contribution in [0.2, 0.25) is 0 Å². The molecule has 2 unspecified atom stereocenters. The average molecular weight is 844 g/mol. The van der Waals surface area contributed by atoms with Crippen molar-refractivity contribution in [3.8, 4) is 0 Å². The Morgan fingerprint density at radius 1 is 0.450 bits per heavy atom. The number of carbonyl (C=O) groups is 2. The minimum absolute atomic E-state index is 0.0153. The van der Waals surface area contributed by atoms with Crippen molar-refractivity contribution in [3.05, 3.63) is 36.5 Å². The summed E-state index contributed by atoms with van der Waals surface area (Å²) in [4.78, 5) is 24.4. The van der Waals surface area contributed by atoms with Gasteiger partial charge in [-0.3, -0.25) is 9.59 Å². The van der Waals surface area contributed by atoms with E-state index in [0.717, 1.165) is 70.6 Å². The van der Waals surface area contributed by atoms with Crippen molar-refractivity contribution in [2.24, 2.45) is 0 Å². The molecule has 60 heavy (non-hydrogen) atoms. The molecule has 0 saturated carbocycles. The molecule has 0 aromatic rings. The third-order valence-corrected chi connectivity index (χ3v) is 11.9. The number of hydrogen-bond donors (Lipinski definition) is 3. The SMILES string of the molecule is CCCCCCCC/C=C\CCCCCCCCCCCC(=O)OCCCCCCCC/C=C\CCCCCC(=O)NC(CO)C(O)/C=C/CCCCCCCCCCC. The van der Waals surface area contributed by atoms with E-state index in [1.807, 2.05) is 6.08 Å². The maximum absolute atomic E-state index is 12.4. The van der Waals surface area contributed by atoms with Gasteiger partial charge < -0.3 is 20.3 Å². The second kappa shape index (κ2) is 49.7. The number of rotatable bonds is 48. The Morgan fingerprint density at radius 2 is 0.783 bits per heavy atom. The minimum atomic E-state index is -0.860. The van der Waals surface area contributed by atoms with Crippen LogP contribution in [0.4, 0.5) is 0 Å². The van der Waals surface area contributed by atoms with Crippen LogP contribution >= 0.6 is 0 Å². The topological polar surface area (TPSA) is 95.9 Å². The molecule has 352 valence electrons. The zero-order valence-electron chi connectivity index (χ0n) is 39.9. The molecule has 0 bridgehead atoms. The molecule has 0 radical (unpaired) electrons. The van der Waals surface area contributed by atoms with Gasteiger partial charge in [0.1, 0.15) is 0 Å². The molecule has 0 heterocycles. The summed E-state index contributed by atoms with van der Waals surface area (Å²) >= 11 is 0. The second-order valence-corrected chi connectivity index (χ2v) is 17.8. The second-order valence-electron chi connectivity index (χ2n) is 17.8. The summed E-state index contributed by atoms with van der Waals surface area (Å²) in [6, 6.07) is -0.647. The molecule has 6 nitrogen and oxygen atoms in total. The quantitative estimate of drug-likeness (QED) is 0.0322. The van der Waals surface area contributed by atoms with E-state index in [1.165, 1.54) is 173 Å². The van der Waals surface area contributed by atoms with Gasteiger partial charge >= 0.3 is 5.97 Å². The van der Waals surface area contributed by atoms with Crippen LogP contribution < -0.4 is 5.32 Å². The van der Waals surface area contributed by atoms with Gasteiger partial charge in [0.05, 0.1) is 25.4 Å². The molecule has 0 aliphatic rings. The monoisotopic (exact) mass is 844 g/mol. The molecule has 2 atom stereocenters. The minimum Gasteiger partial charge on any atom is -0.466 e. The van der Waals surface area contributed by atoms with Gasteiger partial charge in [-0.2, -0.15) is 0 Å². The van der Waals surface area contributed by atoms with E-state index in [2.05, 4.69) is 43.5 Å². The molecule has 3 N–H and O–H groups in total. The van der Waals surface area contributed by atoms with Gasteiger partial charge in [0, 0.05) is 12.8 Å². The molecule has 0 aliphatic carbocycles. The Bertz CT molecular complexity index is 977. The lowest BCUT2D eigenvalue weighted by atomic mass is 10.1. The summed E-state index contributed by atoms with van der Waals surface area (Å²) in [5.41, 5.74) is 0. The number of amides is 1. The highest BCUT2D eigenvalue weighted by Crippen LogP contribution is 2.15. The largest absolute Gasteiger partial charge is 0.466 e. The van der Waals surface area contributed by atoms with Crippen molar-refractivity contribution in [1.82, 2.24) is 5.32 Å². The maximum Gasteiger partial charge on any atom is 0.305 e. The summed E-state index contributed by atoms with van der Waals surface area (Å²) < 4.78 is 5.47. The van der Waals surface area contributed by atoms with E-state index in [0.29, 0.717) is 19.4 Å². The van der Waals surface area contributed by atoms with Gasteiger partial charge in [0.25, 0.3) is 0 Å². The Kier molecular flexibility index (Phi) is 48.1. The normalized spacial score (nSPS) is 12.9. The predicted molar refractivity (Wildman–Crippen MR) is 259 cm³/mol. The number of carbonyl (C=O) groups excluding carboxylic acids is 2. The Hall–Kier alpha value is -1.92. The van der Waals surface area contributed by atoms with Crippen LogP contribution in [0.15, 0.2) is 36.5 Å². The fraction of sp³-hybridized carbons (Fsp3) is 0.852. The number of allylic oxidation sites excluding steroid dienone is 5. The lowest BCUT2D eigenvalue weighted by molar-refractivity contribution is -0.143. The van der Waals surface area contributed by atoms with Gasteiger partial charge in [-0.1, -0.05) is 211 Å². The number of unbranched alkanes of at least 4 members (excludes halogenated alkanes) is 33. The fourth-order valence-corrected chi connectivity index (χ4v) is 7.80. The van der Waals surface area contributed by atoms with Crippen LogP contribution in [0.3, 0.4) is 0 Å². The number of hydrogen-bond acceptors (Lipinski definition) is 5. The highest BCUT2D eigenvalue weighted by atomic mass is 16.5. The lowest BCUT2D eigenvalue weighted by Gasteiger charge is -2.19. The maximum atomic E-state index is 12.4. The molecular formula is C54H101NO5. The first-order valence-electron chi connectivity index (χ1n) is 26.3. The van der Waals surface area contributed by atoms with E-state index in [4.69, 9.17) is 4.74 Å². The van der Waals surface area contributed by atoms with Crippen molar-refractivity contribution in [3.63, 3.8) is 0 Å². The zero-order chi connectivity index (χ0) is 43.7. The Labute approximate surface area is 373 Å². The van der Waals surface area contributed by atoms with E-state index < -0.39 is 12.1 Å². The van der Waals surface area contributed by atoms with Crippen molar-refractivity contribution in [2.45, 2.75) is 283 Å². The van der Waals surface area contributed by atoms with Gasteiger partial charge in [-0.05, 0) is 83.5 Å². The zero-order valence-corrected chi connectivity index (χ0v) is 39.9. The average Bonchev–Trinajstić information content (AvgIpc) is 3.25. The first-order chi connectivity index (χ1) is 29.5. The molecule has 0 spiro atoms. The molecule has 1 amide bonds. The van der Waals surface area contributed by atoms with E-state index in [-0.39, 0.29) is 18.5 Å². The van der Waals surface area contributed by atoms with E-state index in [1.54, 1.807) is 6.08 Å². The molecule has 0 rings (SSSR count). The van der Waals surface area contributed by atoms with Gasteiger partial charge in [-0.25, -0.2) is 0 Å². The standard InChI is InChI=1S/C54H101NO5/c1-3-5-7-9-11-13-15-16-17-18-19-20-21-24-28-32-36-40-44-48-54(59)60-49-45-41-37-33-29-25-22-23-27-31-35-39-43-47-53(58)55-51(50-56)52(57)46-42-38-34-30-26-14-12-10-8-6-4-2/h16-17,23,27,42,46,51-52,56-57H,3-15,18-22,24-26,28-41,43-45,47-50H2,1-2H3,(H,55,58)/b17-16-,27-23-,46-42+. The van der Waals surface area contributed by atoms with Crippen molar-refractivity contribution >= 4 is 11.9 Å². The first-order valence-corrected chi connectivity index (χ1v) is 26.3. The number of aliphatic hydroxyl groups is 2. The molecule has 0 fully saturated rings. The number of nitrogens with one attached hydrogen (secondary N) is 1. The molecule has 0 aliphatic heterocycles. The molecule has 0 saturated heterocycles. The Morgan fingerprint density at radius 3 is 1.20 bits per heavy atom. The van der Waals surface area contributed by atoms with Gasteiger partial charge in [-0.15, -0.1) is 0 Å². The number of aliphatic hydroxyl groups excluding tert-OH is 2. The molecular weight excluding hydrogens is 743 g/mol. The third kappa shape index (κ3) is 45.6. The summed E-state index contributed by atoms with van der Waals surface area (Å²) in [5, 5.41) is 22.9.